The monoisotopic (exact) mass is 312 g/mol. The van der Waals surface area contributed by atoms with E-state index >= 15 is 0 Å². The summed E-state index contributed by atoms with van der Waals surface area (Å²) in [6.07, 6.45) is 1.14. The molecule has 1 atom stereocenters. The van der Waals surface area contributed by atoms with Crippen molar-refractivity contribution in [2.75, 3.05) is 33.8 Å². The van der Waals surface area contributed by atoms with Gasteiger partial charge in [-0.2, -0.15) is 0 Å². The van der Waals surface area contributed by atoms with E-state index in [1.54, 1.807) is 12.1 Å². The standard InChI is InChI=1S/C15H21ClN2O3/c1-17(2)13-5-6-18(9-13)8-11-7-12(16)3-4-14(11)21-10-15(19)20/h3-4,7,13H,5-6,8-10H2,1-2H3,(H,19,20). The van der Waals surface area contributed by atoms with Gasteiger partial charge in [-0.15, -0.1) is 0 Å². The predicted octanol–water partition coefficient (Wildman–Crippen LogP) is 1.94. The lowest BCUT2D eigenvalue weighted by molar-refractivity contribution is -0.139. The Hall–Kier alpha value is -1.30. The lowest BCUT2D eigenvalue weighted by atomic mass is 10.2. The second-order valence-corrected chi connectivity index (χ2v) is 6.01. The highest BCUT2D eigenvalue weighted by molar-refractivity contribution is 6.30. The molecule has 0 aliphatic carbocycles. The highest BCUT2D eigenvalue weighted by atomic mass is 35.5. The van der Waals surface area contributed by atoms with E-state index in [2.05, 4.69) is 23.9 Å². The second kappa shape index (κ2) is 7.11. The van der Waals surface area contributed by atoms with Crippen molar-refractivity contribution < 1.29 is 14.6 Å². The molecule has 5 nitrogen and oxygen atoms in total. The molecule has 1 aromatic carbocycles. The van der Waals surface area contributed by atoms with Crippen molar-refractivity contribution >= 4 is 17.6 Å². The third-order valence-corrected chi connectivity index (χ3v) is 3.98. The number of benzene rings is 1. The maximum Gasteiger partial charge on any atom is 0.341 e. The molecular weight excluding hydrogens is 292 g/mol. The number of hydrogen-bond donors (Lipinski definition) is 1. The summed E-state index contributed by atoms with van der Waals surface area (Å²) < 4.78 is 5.34. The zero-order valence-electron chi connectivity index (χ0n) is 12.4. The molecule has 0 bridgehead atoms. The van der Waals surface area contributed by atoms with Crippen molar-refractivity contribution in [2.45, 2.75) is 19.0 Å². The van der Waals surface area contributed by atoms with Crippen LogP contribution < -0.4 is 4.74 Å². The van der Waals surface area contributed by atoms with E-state index in [9.17, 15) is 4.79 Å². The van der Waals surface area contributed by atoms with Crippen molar-refractivity contribution in [3.63, 3.8) is 0 Å². The van der Waals surface area contributed by atoms with Gasteiger partial charge >= 0.3 is 5.97 Å². The third-order valence-electron chi connectivity index (χ3n) is 3.75. The molecule has 0 spiro atoms. The van der Waals surface area contributed by atoms with Crippen LogP contribution in [0.4, 0.5) is 0 Å². The van der Waals surface area contributed by atoms with Crippen molar-refractivity contribution in [3.05, 3.63) is 28.8 Å². The van der Waals surface area contributed by atoms with Crippen LogP contribution in [0.25, 0.3) is 0 Å². The molecule has 0 radical (unpaired) electrons. The molecule has 21 heavy (non-hydrogen) atoms. The van der Waals surface area contributed by atoms with Crippen LogP contribution in [-0.2, 0) is 11.3 Å². The first-order valence-corrected chi connectivity index (χ1v) is 7.35. The topological polar surface area (TPSA) is 53.0 Å². The van der Waals surface area contributed by atoms with Crippen molar-refractivity contribution in [1.82, 2.24) is 9.80 Å². The van der Waals surface area contributed by atoms with Crippen LogP contribution in [0.2, 0.25) is 5.02 Å². The smallest absolute Gasteiger partial charge is 0.341 e. The zero-order valence-corrected chi connectivity index (χ0v) is 13.1. The first-order chi connectivity index (χ1) is 9.95. The molecule has 1 saturated heterocycles. The van der Waals surface area contributed by atoms with Crippen molar-refractivity contribution in [2.24, 2.45) is 0 Å². The zero-order chi connectivity index (χ0) is 15.4. The van der Waals surface area contributed by atoms with Crippen LogP contribution >= 0.6 is 11.6 Å². The van der Waals surface area contributed by atoms with Gasteiger partial charge in [0.15, 0.2) is 6.61 Å². The molecule has 0 aromatic heterocycles. The molecule has 116 valence electrons. The highest BCUT2D eigenvalue weighted by Crippen LogP contribution is 2.26. The first kappa shape index (κ1) is 16.1. The van der Waals surface area contributed by atoms with Crippen molar-refractivity contribution in [1.29, 1.82) is 0 Å². The average molecular weight is 313 g/mol. The second-order valence-electron chi connectivity index (χ2n) is 5.58. The molecule has 1 aliphatic heterocycles. The maximum absolute atomic E-state index is 10.6. The van der Waals surface area contributed by atoms with Crippen LogP contribution in [0.15, 0.2) is 18.2 Å². The van der Waals surface area contributed by atoms with Gasteiger partial charge in [0.25, 0.3) is 0 Å². The largest absolute Gasteiger partial charge is 0.482 e. The molecule has 1 aliphatic rings. The summed E-state index contributed by atoms with van der Waals surface area (Å²) in [5.41, 5.74) is 0.933. The Kier molecular flexibility index (Phi) is 5.45. The number of carbonyl (C=O) groups is 1. The van der Waals surface area contributed by atoms with Gasteiger partial charge in [-0.1, -0.05) is 11.6 Å². The van der Waals surface area contributed by atoms with E-state index in [-0.39, 0.29) is 6.61 Å². The summed E-state index contributed by atoms with van der Waals surface area (Å²) in [5, 5.41) is 9.37. The quantitative estimate of drug-likeness (QED) is 0.870. The van der Waals surface area contributed by atoms with Crippen LogP contribution in [0.1, 0.15) is 12.0 Å². The van der Waals surface area contributed by atoms with E-state index < -0.39 is 5.97 Å². The number of likely N-dealkylation sites (tertiary alicyclic amines) is 1. The van der Waals surface area contributed by atoms with E-state index in [0.29, 0.717) is 16.8 Å². The molecule has 1 aromatic rings. The molecule has 1 heterocycles. The number of ether oxygens (including phenoxy) is 1. The third kappa shape index (κ3) is 4.59. The molecule has 1 fully saturated rings. The van der Waals surface area contributed by atoms with Gasteiger partial charge in [-0.25, -0.2) is 4.79 Å². The number of halogens is 1. The summed E-state index contributed by atoms with van der Waals surface area (Å²) in [4.78, 5) is 15.2. The summed E-state index contributed by atoms with van der Waals surface area (Å²) >= 11 is 6.05. The Morgan fingerprint density at radius 2 is 2.29 bits per heavy atom. The molecule has 1 unspecified atom stereocenters. The lowest BCUT2D eigenvalue weighted by Gasteiger charge is -2.21. The molecule has 1 N–H and O–H groups in total. The number of nitrogens with zero attached hydrogens (tertiary/aromatic N) is 2. The van der Waals surface area contributed by atoms with Crippen LogP contribution in [0, 0.1) is 0 Å². The van der Waals surface area contributed by atoms with Crippen LogP contribution in [0.5, 0.6) is 5.75 Å². The number of carboxylic acid groups (broad SMARTS) is 1. The van der Waals surface area contributed by atoms with Gasteiger partial charge in [0, 0.05) is 36.3 Å². The minimum absolute atomic E-state index is 0.338. The Morgan fingerprint density at radius 1 is 1.52 bits per heavy atom. The van der Waals surface area contributed by atoms with Gasteiger partial charge in [0.1, 0.15) is 5.75 Å². The fourth-order valence-corrected chi connectivity index (χ4v) is 2.76. The van der Waals surface area contributed by atoms with Gasteiger partial charge < -0.3 is 14.7 Å². The number of hydrogen-bond acceptors (Lipinski definition) is 4. The lowest BCUT2D eigenvalue weighted by Crippen LogP contribution is -2.31. The highest BCUT2D eigenvalue weighted by Gasteiger charge is 2.24. The first-order valence-electron chi connectivity index (χ1n) is 6.97. The van der Waals surface area contributed by atoms with E-state index in [0.717, 1.165) is 31.6 Å². The Labute approximate surface area is 130 Å². The Bertz CT molecular complexity index is 508. The maximum atomic E-state index is 10.6. The van der Waals surface area contributed by atoms with Gasteiger partial charge in [-0.05, 0) is 38.7 Å². The number of likely N-dealkylation sites (N-methyl/N-ethyl adjacent to an activating group) is 1. The molecule has 0 amide bonds. The van der Waals surface area contributed by atoms with E-state index in [1.165, 1.54) is 0 Å². The van der Waals surface area contributed by atoms with Gasteiger partial charge in [-0.3, -0.25) is 4.90 Å². The fraction of sp³-hybridized carbons (Fsp3) is 0.533. The molecular formula is C15H21ClN2O3. The molecule has 6 heteroatoms. The summed E-state index contributed by atoms with van der Waals surface area (Å²) in [6, 6.07) is 5.86. The fourth-order valence-electron chi connectivity index (χ4n) is 2.57. The average Bonchev–Trinajstić information content (AvgIpc) is 2.86. The SMILES string of the molecule is CN(C)C1CCN(Cc2cc(Cl)ccc2OCC(=O)O)C1. The van der Waals surface area contributed by atoms with Crippen molar-refractivity contribution in [3.8, 4) is 5.75 Å². The van der Waals surface area contributed by atoms with Gasteiger partial charge in [0.05, 0.1) is 0 Å². The summed E-state index contributed by atoms with van der Waals surface area (Å²) in [7, 11) is 4.18. The Morgan fingerprint density at radius 3 is 2.90 bits per heavy atom. The van der Waals surface area contributed by atoms with Gasteiger partial charge in [0.2, 0.25) is 0 Å². The number of carboxylic acids is 1. The van der Waals surface area contributed by atoms with E-state index in [1.807, 2.05) is 6.07 Å². The Balaban J connectivity index is 2.04. The van der Waals surface area contributed by atoms with Crippen LogP contribution in [0.3, 0.4) is 0 Å². The number of aliphatic carboxylic acids is 1. The minimum atomic E-state index is -0.982. The molecule has 0 saturated carbocycles. The minimum Gasteiger partial charge on any atom is -0.482 e. The summed E-state index contributed by atoms with van der Waals surface area (Å²) in [5.74, 6) is -0.389. The predicted molar refractivity (Wildman–Crippen MR) is 82.0 cm³/mol. The normalized spacial score (nSPS) is 19.1. The van der Waals surface area contributed by atoms with Crippen LogP contribution in [-0.4, -0.2) is 60.7 Å². The van der Waals surface area contributed by atoms with E-state index in [4.69, 9.17) is 21.4 Å². The summed E-state index contributed by atoms with van der Waals surface area (Å²) in [6.45, 7) is 2.40. The number of rotatable bonds is 6. The molecule has 2 rings (SSSR count).